The molecule has 9 heteroatoms. The number of aromatic amines is 1. The number of rotatable bonds is 11. The Bertz CT molecular complexity index is 731. The van der Waals surface area contributed by atoms with Crippen molar-refractivity contribution in [2.75, 3.05) is 44.7 Å². The number of anilines is 1. The number of aromatic nitrogens is 4. The van der Waals surface area contributed by atoms with Gasteiger partial charge >= 0.3 is 5.97 Å². The molecule has 0 spiro atoms. The van der Waals surface area contributed by atoms with Gasteiger partial charge in [-0.2, -0.15) is 5.21 Å². The van der Waals surface area contributed by atoms with Crippen LogP contribution in [0.3, 0.4) is 0 Å². The Kier molecular flexibility index (Phi) is 7.94. The van der Waals surface area contributed by atoms with Crippen molar-refractivity contribution in [3.63, 3.8) is 0 Å². The van der Waals surface area contributed by atoms with Crippen LogP contribution in [-0.2, 0) is 16.0 Å². The highest BCUT2D eigenvalue weighted by Gasteiger charge is 2.31. The average Bonchev–Trinajstić information content (AvgIpc) is 3.27. The molecular weight excluding hydrogens is 372 g/mol. The molecular formula is C20H30N6O3. The lowest BCUT2D eigenvalue weighted by molar-refractivity contribution is -0.142. The minimum absolute atomic E-state index is 0.314. The van der Waals surface area contributed by atoms with E-state index in [-0.39, 0.29) is 5.92 Å². The van der Waals surface area contributed by atoms with Crippen LogP contribution < -0.4 is 5.32 Å². The Hall–Kier alpha value is -2.52. The smallest absolute Gasteiger partial charge is 0.307 e. The summed E-state index contributed by atoms with van der Waals surface area (Å²) < 4.78 is 5.37. The zero-order valence-corrected chi connectivity index (χ0v) is 16.9. The number of benzene rings is 1. The first-order valence-corrected chi connectivity index (χ1v) is 10.3. The number of H-pyrrole nitrogens is 1. The van der Waals surface area contributed by atoms with E-state index in [2.05, 4.69) is 30.8 Å². The van der Waals surface area contributed by atoms with E-state index in [4.69, 9.17) is 4.74 Å². The van der Waals surface area contributed by atoms with Gasteiger partial charge in [0, 0.05) is 37.8 Å². The van der Waals surface area contributed by atoms with E-state index in [0.29, 0.717) is 18.7 Å². The first kappa shape index (κ1) is 21.2. The molecule has 1 fully saturated rings. The van der Waals surface area contributed by atoms with Crippen LogP contribution in [-0.4, -0.2) is 76.0 Å². The van der Waals surface area contributed by atoms with Gasteiger partial charge in [-0.1, -0.05) is 30.7 Å². The second-order valence-electron chi connectivity index (χ2n) is 7.39. The summed E-state index contributed by atoms with van der Waals surface area (Å²) in [6.07, 6.45) is 1.93. The third-order valence-electron chi connectivity index (χ3n) is 5.37. The molecule has 1 aromatic heterocycles. The summed E-state index contributed by atoms with van der Waals surface area (Å²) in [5.41, 5.74) is 2.11. The van der Waals surface area contributed by atoms with E-state index in [1.807, 2.05) is 31.2 Å². The van der Waals surface area contributed by atoms with Crippen LogP contribution in [0, 0.1) is 5.92 Å². The maximum absolute atomic E-state index is 11.8. The van der Waals surface area contributed by atoms with Gasteiger partial charge in [-0.15, -0.1) is 10.2 Å². The number of nitrogens with zero attached hydrogens (tertiary/aromatic N) is 4. The number of carboxylic acid groups (broad SMARTS) is 1. The molecule has 2 aromatic rings. The summed E-state index contributed by atoms with van der Waals surface area (Å²) in [4.78, 5) is 14.2. The van der Waals surface area contributed by atoms with Gasteiger partial charge in [0.25, 0.3) is 0 Å². The maximum Gasteiger partial charge on any atom is 0.307 e. The van der Waals surface area contributed by atoms with Crippen LogP contribution in [0.25, 0.3) is 0 Å². The fourth-order valence-corrected chi connectivity index (χ4v) is 3.74. The largest absolute Gasteiger partial charge is 0.481 e. The molecule has 3 rings (SSSR count). The number of tetrazole rings is 1. The van der Waals surface area contributed by atoms with Crippen molar-refractivity contribution in [1.29, 1.82) is 0 Å². The lowest BCUT2D eigenvalue weighted by Crippen LogP contribution is -2.38. The van der Waals surface area contributed by atoms with Gasteiger partial charge < -0.3 is 15.2 Å². The Balaban J connectivity index is 1.59. The predicted octanol–water partition coefficient (Wildman–Crippen LogP) is 1.77. The normalized spacial score (nSPS) is 17.0. The van der Waals surface area contributed by atoms with E-state index in [9.17, 15) is 9.90 Å². The van der Waals surface area contributed by atoms with Gasteiger partial charge in [-0.05, 0) is 30.5 Å². The van der Waals surface area contributed by atoms with Crippen molar-refractivity contribution in [3.05, 3.63) is 35.7 Å². The minimum Gasteiger partial charge on any atom is -0.481 e. The summed E-state index contributed by atoms with van der Waals surface area (Å²) in [6.45, 7) is 7.45. The van der Waals surface area contributed by atoms with Crippen LogP contribution in [0.2, 0.25) is 0 Å². The third-order valence-corrected chi connectivity index (χ3v) is 5.37. The molecule has 1 aliphatic rings. The number of hydrogen-bond donors (Lipinski definition) is 3. The first-order valence-electron chi connectivity index (χ1n) is 10.3. The molecule has 0 saturated carbocycles. The second kappa shape index (κ2) is 10.9. The summed E-state index contributed by atoms with van der Waals surface area (Å²) in [7, 11) is 0. The average molecular weight is 402 g/mol. The summed E-state index contributed by atoms with van der Waals surface area (Å²) in [5.74, 6) is -1.21. The minimum atomic E-state index is -0.817. The Morgan fingerprint density at radius 2 is 2.07 bits per heavy atom. The molecule has 9 nitrogen and oxygen atoms in total. The molecule has 0 bridgehead atoms. The molecule has 1 aromatic carbocycles. The lowest BCUT2D eigenvalue weighted by atomic mass is 9.83. The number of aliphatic carboxylic acids is 1. The van der Waals surface area contributed by atoms with Crippen molar-refractivity contribution >= 4 is 11.7 Å². The van der Waals surface area contributed by atoms with E-state index in [1.165, 1.54) is 0 Å². The van der Waals surface area contributed by atoms with Gasteiger partial charge in [-0.25, -0.2) is 0 Å². The molecule has 1 aliphatic heterocycles. The van der Waals surface area contributed by atoms with Gasteiger partial charge in [-0.3, -0.25) is 9.69 Å². The third kappa shape index (κ3) is 6.23. The molecule has 0 radical (unpaired) electrons. The van der Waals surface area contributed by atoms with E-state index >= 15 is 0 Å². The summed E-state index contributed by atoms with van der Waals surface area (Å²) in [5, 5.41) is 27.3. The highest BCUT2D eigenvalue weighted by atomic mass is 16.5. The molecule has 2 atom stereocenters. The number of morpholine rings is 1. The summed E-state index contributed by atoms with van der Waals surface area (Å²) in [6, 6.07) is 8.15. The van der Waals surface area contributed by atoms with Gasteiger partial charge in [0.2, 0.25) is 0 Å². The Labute approximate surface area is 170 Å². The van der Waals surface area contributed by atoms with Crippen molar-refractivity contribution in [2.45, 2.75) is 32.1 Å². The van der Waals surface area contributed by atoms with Crippen molar-refractivity contribution < 1.29 is 14.6 Å². The molecule has 0 unspecified atom stereocenters. The number of hydrogen-bond acceptors (Lipinski definition) is 7. The van der Waals surface area contributed by atoms with Crippen LogP contribution in [0.15, 0.2) is 24.3 Å². The fourth-order valence-electron chi connectivity index (χ4n) is 3.74. The molecule has 0 aliphatic carbocycles. The SMILES string of the molecule is CCC[C@H](C(=O)O)[C@H](Cc1ccc(NCCN2CCOCC2)cc1)c1nn[nH]n1. The quantitative estimate of drug-likeness (QED) is 0.521. The topological polar surface area (TPSA) is 116 Å². The number of carboxylic acids is 1. The van der Waals surface area contributed by atoms with Crippen LogP contribution in [0.5, 0.6) is 0 Å². The Morgan fingerprint density at radius 3 is 2.69 bits per heavy atom. The molecule has 158 valence electrons. The molecule has 1 saturated heterocycles. The standard InChI is InChI=1S/C20H30N6O3/c1-2-3-17(20(27)28)18(19-22-24-25-23-19)14-15-4-6-16(7-5-15)21-8-9-26-10-12-29-13-11-26/h4-7,17-18,21H,2-3,8-14H2,1H3,(H,27,28)(H,22,23,24,25)/t17-,18-/m0/s1. The number of nitrogens with one attached hydrogen (secondary N) is 2. The molecule has 0 amide bonds. The zero-order valence-electron chi connectivity index (χ0n) is 16.9. The maximum atomic E-state index is 11.8. The number of carbonyl (C=O) groups is 1. The highest BCUT2D eigenvalue weighted by Crippen LogP contribution is 2.30. The van der Waals surface area contributed by atoms with Crippen molar-refractivity contribution in [1.82, 2.24) is 25.5 Å². The van der Waals surface area contributed by atoms with Gasteiger partial charge in [0.05, 0.1) is 19.1 Å². The Morgan fingerprint density at radius 1 is 1.31 bits per heavy atom. The fraction of sp³-hybridized carbons (Fsp3) is 0.600. The van der Waals surface area contributed by atoms with Crippen LogP contribution in [0.1, 0.15) is 37.1 Å². The predicted molar refractivity (Wildman–Crippen MR) is 109 cm³/mol. The molecule has 2 heterocycles. The van der Waals surface area contributed by atoms with E-state index in [1.54, 1.807) is 0 Å². The van der Waals surface area contributed by atoms with Crippen molar-refractivity contribution in [3.8, 4) is 0 Å². The highest BCUT2D eigenvalue weighted by molar-refractivity contribution is 5.71. The second-order valence-corrected chi connectivity index (χ2v) is 7.39. The zero-order chi connectivity index (χ0) is 20.5. The molecule has 29 heavy (non-hydrogen) atoms. The van der Waals surface area contributed by atoms with Crippen LogP contribution >= 0.6 is 0 Å². The van der Waals surface area contributed by atoms with Crippen LogP contribution in [0.4, 0.5) is 5.69 Å². The van der Waals surface area contributed by atoms with Gasteiger partial charge in [0.15, 0.2) is 5.82 Å². The first-order chi connectivity index (χ1) is 14.2. The van der Waals surface area contributed by atoms with E-state index in [0.717, 1.165) is 57.1 Å². The monoisotopic (exact) mass is 402 g/mol. The van der Waals surface area contributed by atoms with Gasteiger partial charge in [0.1, 0.15) is 0 Å². The van der Waals surface area contributed by atoms with Crippen molar-refractivity contribution in [2.24, 2.45) is 5.92 Å². The molecule has 3 N–H and O–H groups in total. The number of ether oxygens (including phenoxy) is 1. The van der Waals surface area contributed by atoms with E-state index < -0.39 is 11.9 Å². The lowest BCUT2D eigenvalue weighted by Gasteiger charge is -2.26. The summed E-state index contributed by atoms with van der Waals surface area (Å²) >= 11 is 0.